The number of carbonyl (C=O) groups excluding carboxylic acids is 3. The van der Waals surface area contributed by atoms with Gasteiger partial charge >= 0.3 is 122 Å². The minimum atomic E-state index is -3.11. The van der Waals surface area contributed by atoms with Crippen LogP contribution in [-0.2, 0) is 39.7 Å². The number of aromatic hydroxyl groups is 1. The van der Waals surface area contributed by atoms with Gasteiger partial charge in [0.1, 0.15) is 5.52 Å². The van der Waals surface area contributed by atoms with Gasteiger partial charge in [0.15, 0.2) is 22.9 Å². The van der Waals surface area contributed by atoms with E-state index in [0.29, 0.717) is 5.69 Å². The number of carbonyl (C=O) groups is 3. The van der Waals surface area contributed by atoms with Crippen LogP contribution in [0.4, 0.5) is 23.4 Å². The summed E-state index contributed by atoms with van der Waals surface area (Å²) in [6.07, 6.45) is 4.91. The number of ether oxygens (including phenoxy) is 3. The van der Waals surface area contributed by atoms with E-state index in [-0.39, 0.29) is 174 Å². The summed E-state index contributed by atoms with van der Waals surface area (Å²) in [6.45, 7) is -3.27. The Labute approximate surface area is 387 Å². The number of alkyl halides is 4. The summed E-state index contributed by atoms with van der Waals surface area (Å²) in [5.74, 6) is -2.51. The normalized spacial score (nSPS) is 10.1. The topological polar surface area (TPSA) is 264 Å². The van der Waals surface area contributed by atoms with E-state index in [1.807, 2.05) is 0 Å². The van der Waals surface area contributed by atoms with Crippen LogP contribution in [0.3, 0.4) is 0 Å². The van der Waals surface area contributed by atoms with E-state index in [1.54, 1.807) is 6.92 Å². The van der Waals surface area contributed by atoms with Crippen LogP contribution in [0.25, 0.3) is 22.3 Å². The van der Waals surface area contributed by atoms with Crippen molar-refractivity contribution in [2.75, 3.05) is 12.4 Å². The second-order valence-electron chi connectivity index (χ2n) is 9.73. The Kier molecular flexibility index (Phi) is 20.5. The van der Waals surface area contributed by atoms with Gasteiger partial charge in [-0.05, 0) is 13.8 Å². The predicted octanol–water partition coefficient (Wildman–Crippen LogP) is -5.02. The smallest absolute Gasteiger partial charge is 1.00 e. The third-order valence-corrected chi connectivity index (χ3v) is 6.44. The van der Waals surface area contributed by atoms with E-state index in [9.17, 15) is 37.1 Å². The maximum atomic E-state index is 12.6. The molecule has 0 unspecified atom stereocenters. The molecular weight excluding hydrogens is 791 g/mol. The Morgan fingerprint density at radius 1 is 0.944 bits per heavy atom. The number of aromatic nitrogens is 9. The van der Waals surface area contributed by atoms with Gasteiger partial charge in [0.2, 0.25) is 17.7 Å². The first-order valence-electron chi connectivity index (χ1n) is 14.1. The molecule has 1 amide bonds. The molecule has 54 heavy (non-hydrogen) atoms. The van der Waals surface area contributed by atoms with Crippen LogP contribution in [0.1, 0.15) is 28.9 Å². The summed E-state index contributed by atoms with van der Waals surface area (Å²) in [6, 6.07) is 0. The van der Waals surface area contributed by atoms with Crippen LogP contribution in [-0.4, -0.2) is 88.3 Å². The van der Waals surface area contributed by atoms with Crippen molar-refractivity contribution in [3.8, 4) is 28.6 Å². The van der Waals surface area contributed by atoms with Crippen LogP contribution in [0.5, 0.6) is 17.5 Å². The van der Waals surface area contributed by atoms with E-state index >= 15 is 0 Å². The number of hydrogen-bond acceptors (Lipinski definition) is 16. The van der Waals surface area contributed by atoms with Crippen molar-refractivity contribution in [1.29, 1.82) is 0 Å². The number of hydrogen-bond donors (Lipinski definition) is 3. The number of anilines is 1. The Bertz CT molecular complexity index is 2130. The number of nitrogens with zero attached hydrogens (tertiary/aromatic N) is 8. The van der Waals surface area contributed by atoms with Crippen molar-refractivity contribution in [2.45, 2.75) is 33.5 Å². The summed E-state index contributed by atoms with van der Waals surface area (Å²) >= 11 is 0. The number of aromatic amines is 1. The molecule has 0 aliphatic carbocycles. The average Bonchev–Trinajstić information content (AvgIpc) is 3.51. The molecule has 26 heteroatoms. The van der Waals surface area contributed by atoms with Gasteiger partial charge in [-0.25, -0.2) is 34.1 Å². The molecule has 5 rings (SSSR count). The van der Waals surface area contributed by atoms with Crippen molar-refractivity contribution in [3.63, 3.8) is 0 Å². The largest absolute Gasteiger partial charge is 1.00 e. The number of rotatable bonds is 10. The van der Waals surface area contributed by atoms with Crippen molar-refractivity contribution in [3.05, 3.63) is 57.8 Å². The van der Waals surface area contributed by atoms with Gasteiger partial charge in [-0.15, -0.1) is 0 Å². The van der Waals surface area contributed by atoms with Gasteiger partial charge < -0.3 is 41.2 Å². The fourth-order valence-corrected chi connectivity index (χ4v) is 4.50. The van der Waals surface area contributed by atoms with Crippen molar-refractivity contribution in [1.82, 2.24) is 44.5 Å². The Morgan fingerprint density at radius 3 is 2.07 bits per heavy atom. The fourth-order valence-electron chi connectivity index (χ4n) is 4.50. The number of H-pyrrole nitrogens is 1. The van der Waals surface area contributed by atoms with Gasteiger partial charge in [0.05, 0.1) is 36.0 Å². The van der Waals surface area contributed by atoms with E-state index in [0.717, 1.165) is 16.5 Å². The summed E-state index contributed by atoms with van der Waals surface area (Å²) in [7, 11) is 3.97. The first-order valence-corrected chi connectivity index (χ1v) is 14.1. The van der Waals surface area contributed by atoms with Gasteiger partial charge in [-0.3, -0.25) is 14.4 Å². The van der Waals surface area contributed by atoms with Crippen LogP contribution >= 0.6 is 0 Å². The molecule has 0 radical (unpaired) electrons. The van der Waals surface area contributed by atoms with Gasteiger partial charge in [0, 0.05) is 44.4 Å². The molecule has 0 bridgehead atoms. The molecule has 0 fully saturated rings. The third-order valence-electron chi connectivity index (χ3n) is 6.44. The number of pyridine rings is 1. The Morgan fingerprint density at radius 2 is 1.48 bits per heavy atom. The van der Waals surface area contributed by atoms with Gasteiger partial charge in [0.25, 0.3) is 12.0 Å². The zero-order valence-corrected chi connectivity index (χ0v) is 35.7. The molecule has 0 aliphatic rings. The van der Waals surface area contributed by atoms with Crippen LogP contribution < -0.4 is 128 Å². The van der Waals surface area contributed by atoms with Crippen LogP contribution in [0, 0.1) is 13.8 Å². The number of fused-ring (bicyclic) bond motifs is 1. The number of amides is 1. The molecule has 0 aromatic carbocycles. The van der Waals surface area contributed by atoms with Gasteiger partial charge in [-0.2, -0.15) is 27.8 Å². The molecule has 280 valence electrons. The number of methoxy groups -OCH3 is 1. The molecule has 0 aliphatic heterocycles. The summed E-state index contributed by atoms with van der Waals surface area (Å²) in [4.78, 5) is 65.3. The quantitative estimate of drug-likeness (QED) is 0.0298. The van der Waals surface area contributed by atoms with Crippen molar-refractivity contribution < 1.29 is 166 Å². The predicted molar refractivity (Wildman–Crippen MR) is 164 cm³/mol. The van der Waals surface area contributed by atoms with Gasteiger partial charge in [-0.1, -0.05) is 0 Å². The van der Waals surface area contributed by atoms with Crippen molar-refractivity contribution in [2.24, 2.45) is 14.1 Å². The maximum absolute atomic E-state index is 12.6. The van der Waals surface area contributed by atoms with E-state index < -0.39 is 36.4 Å². The third kappa shape index (κ3) is 12.5. The molecule has 0 atom stereocenters. The van der Waals surface area contributed by atoms with E-state index in [1.165, 1.54) is 45.8 Å². The van der Waals surface area contributed by atoms with E-state index in [2.05, 4.69) is 59.5 Å². The number of esters is 1. The SMILES string of the molecule is COC(=O)c1nccnc1NC(=O)Cc1c(C)nn(C)c1OC(F)F.Cc1nn(C)c(OC(F)F)c1-c1c(O)c2nccnc2[nH]c1=O.O=CO[O-].[H-].[K+].[K+]. The molecule has 5 aromatic heterocycles. The monoisotopic (exact) mass is 818 g/mol. The molecule has 0 saturated carbocycles. The second-order valence-corrected chi connectivity index (χ2v) is 9.73. The molecule has 0 saturated heterocycles. The summed E-state index contributed by atoms with van der Waals surface area (Å²) < 4.78 is 65.9. The molecule has 3 N–H and O–H groups in total. The minimum absolute atomic E-state index is 0. The second kappa shape index (κ2) is 22.8. The number of aryl methyl sites for hydroxylation is 4. The van der Waals surface area contributed by atoms with Crippen LogP contribution in [0.15, 0.2) is 29.6 Å². The van der Waals surface area contributed by atoms with E-state index in [4.69, 9.17) is 10.1 Å². The zero-order valence-electron chi connectivity index (χ0n) is 30.5. The standard InChI is InChI=1S/C14H15F2N5O4.C13H11F2N5O3.CH2O3.2K.H/c1-7-8(12(21(2)20-7)25-14(15)16)6-9(22)19-11-10(13(23)24-3)17-4-5-18-11;1-5-6(12(20(2)19-5)23-13(14)15)7-9(21)8-10(18-11(7)22)17-4-3-16-8;2-1-4-3;;;/h4-5,14H,6H2,1-3H3,(H,18,19,22);3-4,13H,1-2H3,(H2,17,18,21,22);1,3H;;;/q;;;2*+1;-1/p-1. The maximum Gasteiger partial charge on any atom is 1.00 e. The number of halogens is 4. The fraction of sp³-hybridized carbons (Fsp3) is 0.286. The first kappa shape index (κ1) is 48.6. The summed E-state index contributed by atoms with van der Waals surface area (Å²) in [5.41, 5.74) is -0.254. The molecule has 20 nitrogen and oxygen atoms in total. The molecule has 5 heterocycles. The van der Waals surface area contributed by atoms with Crippen LogP contribution in [0.2, 0.25) is 0 Å². The molecule has 5 aromatic rings. The minimum Gasteiger partial charge on any atom is -1.00 e. The number of nitrogens with one attached hydrogen (secondary N) is 2. The Hall–Kier alpha value is -3.45. The average molecular weight is 819 g/mol. The zero-order chi connectivity index (χ0) is 38.7. The molecule has 0 spiro atoms. The van der Waals surface area contributed by atoms with Crippen molar-refractivity contribution >= 4 is 35.3 Å². The summed E-state index contributed by atoms with van der Waals surface area (Å²) in [5, 5.41) is 29.1. The molecular formula is C28H28F4K2N10O10. The first-order chi connectivity index (χ1) is 24.6. The Balaban J connectivity index is 0.000000922.